The molecule has 2 atom stereocenters. The normalized spacial score (nSPS) is 20.1. The molecule has 0 bridgehead atoms. The van der Waals surface area contributed by atoms with Crippen molar-refractivity contribution in [3.05, 3.63) is 70.3 Å². The number of aryl methyl sites for hydroxylation is 2. The summed E-state index contributed by atoms with van der Waals surface area (Å²) in [6.07, 6.45) is 0.801. The molecule has 0 spiro atoms. The Hall–Kier alpha value is -1.80. The maximum atomic E-state index is 12.6. The lowest BCUT2D eigenvalue weighted by atomic mass is 10.0. The molecule has 0 saturated heterocycles. The van der Waals surface area contributed by atoms with E-state index in [1.807, 2.05) is 50.2 Å². The Balaban J connectivity index is 1.87. The molecule has 108 valence electrons. The third kappa shape index (κ3) is 2.68. The van der Waals surface area contributed by atoms with Gasteiger partial charge in [-0.3, -0.25) is 4.79 Å². The summed E-state index contributed by atoms with van der Waals surface area (Å²) < 4.78 is 0. The minimum atomic E-state index is -0.115. The number of carbonyl (C=O) groups is 1. The van der Waals surface area contributed by atoms with Crippen molar-refractivity contribution in [2.24, 2.45) is 0 Å². The predicted octanol–water partition coefficient (Wildman–Crippen LogP) is 3.94. The van der Waals surface area contributed by atoms with Crippen LogP contribution in [0.2, 0.25) is 0 Å². The molecule has 0 aliphatic heterocycles. The molecule has 2 nitrogen and oxygen atoms in total. The first-order valence-electron chi connectivity index (χ1n) is 7.16. The van der Waals surface area contributed by atoms with Crippen LogP contribution in [0.25, 0.3) is 0 Å². The van der Waals surface area contributed by atoms with Gasteiger partial charge in [0.1, 0.15) is 0 Å². The lowest BCUT2D eigenvalue weighted by Crippen LogP contribution is -2.32. The fraction of sp³-hybridized carbons (Fsp3) is 0.278. The number of benzene rings is 2. The van der Waals surface area contributed by atoms with Crippen LogP contribution in [0.15, 0.2) is 42.5 Å². The van der Waals surface area contributed by atoms with E-state index in [1.54, 1.807) is 0 Å². The van der Waals surface area contributed by atoms with Crippen molar-refractivity contribution in [2.75, 3.05) is 0 Å². The van der Waals surface area contributed by atoms with Gasteiger partial charge >= 0.3 is 0 Å². The molecule has 2 unspecified atom stereocenters. The molecule has 1 aliphatic carbocycles. The average Bonchev–Trinajstić information content (AvgIpc) is 2.78. The summed E-state index contributed by atoms with van der Waals surface area (Å²) in [4.78, 5) is 12.6. The van der Waals surface area contributed by atoms with Crippen molar-refractivity contribution < 1.29 is 4.79 Å². The summed E-state index contributed by atoms with van der Waals surface area (Å²) in [7, 11) is 0. The number of alkyl halides is 1. The fourth-order valence-electron chi connectivity index (χ4n) is 2.91. The van der Waals surface area contributed by atoms with E-state index in [-0.39, 0.29) is 17.3 Å². The van der Waals surface area contributed by atoms with Crippen LogP contribution in [-0.2, 0) is 6.42 Å². The van der Waals surface area contributed by atoms with Gasteiger partial charge in [-0.2, -0.15) is 0 Å². The first-order valence-corrected chi connectivity index (χ1v) is 7.60. The molecule has 2 aromatic rings. The standard InChI is InChI=1S/C18H18ClNO/c1-11-7-8-12(2)15(9-11)18(21)20-17-14-6-4-3-5-13(14)10-16(17)19/h3-9,16-17H,10H2,1-2H3,(H,20,21). The molecule has 0 heterocycles. The molecule has 0 aromatic heterocycles. The summed E-state index contributed by atoms with van der Waals surface area (Å²) in [6.45, 7) is 3.95. The van der Waals surface area contributed by atoms with E-state index in [9.17, 15) is 4.79 Å². The fourth-order valence-corrected chi connectivity index (χ4v) is 3.28. The quantitative estimate of drug-likeness (QED) is 0.836. The number of halogens is 1. The minimum Gasteiger partial charge on any atom is -0.344 e. The topological polar surface area (TPSA) is 29.1 Å². The van der Waals surface area contributed by atoms with E-state index in [0.29, 0.717) is 0 Å². The van der Waals surface area contributed by atoms with Crippen molar-refractivity contribution >= 4 is 17.5 Å². The van der Waals surface area contributed by atoms with Crippen LogP contribution in [0.4, 0.5) is 0 Å². The highest BCUT2D eigenvalue weighted by molar-refractivity contribution is 6.21. The number of rotatable bonds is 2. The Labute approximate surface area is 130 Å². The highest BCUT2D eigenvalue weighted by Crippen LogP contribution is 2.34. The van der Waals surface area contributed by atoms with Gasteiger partial charge in [-0.25, -0.2) is 0 Å². The molecular weight excluding hydrogens is 282 g/mol. The lowest BCUT2D eigenvalue weighted by molar-refractivity contribution is 0.0936. The van der Waals surface area contributed by atoms with E-state index in [4.69, 9.17) is 11.6 Å². The number of carbonyl (C=O) groups excluding carboxylic acids is 1. The zero-order chi connectivity index (χ0) is 15.0. The third-order valence-electron chi connectivity index (χ3n) is 4.09. The van der Waals surface area contributed by atoms with Crippen LogP contribution in [-0.4, -0.2) is 11.3 Å². The third-order valence-corrected chi connectivity index (χ3v) is 4.50. The van der Waals surface area contributed by atoms with Crippen LogP contribution >= 0.6 is 11.6 Å². The van der Waals surface area contributed by atoms with Crippen LogP contribution in [0.3, 0.4) is 0 Å². The molecule has 1 amide bonds. The van der Waals surface area contributed by atoms with Crippen LogP contribution in [0, 0.1) is 13.8 Å². The first kappa shape index (κ1) is 14.2. The summed E-state index contributed by atoms with van der Waals surface area (Å²) in [6, 6.07) is 13.9. The van der Waals surface area contributed by atoms with Gasteiger partial charge < -0.3 is 5.32 Å². The molecule has 1 N–H and O–H groups in total. The Morgan fingerprint density at radius 2 is 1.95 bits per heavy atom. The number of nitrogens with one attached hydrogen (secondary N) is 1. The van der Waals surface area contributed by atoms with E-state index < -0.39 is 0 Å². The summed E-state index contributed by atoms with van der Waals surface area (Å²) >= 11 is 6.43. The number of amides is 1. The van der Waals surface area contributed by atoms with Crippen molar-refractivity contribution in [1.29, 1.82) is 0 Å². The second-order valence-corrected chi connectivity index (χ2v) is 6.25. The zero-order valence-corrected chi connectivity index (χ0v) is 12.9. The molecule has 3 rings (SSSR count). The van der Waals surface area contributed by atoms with E-state index >= 15 is 0 Å². The van der Waals surface area contributed by atoms with Gasteiger partial charge in [-0.1, -0.05) is 42.0 Å². The summed E-state index contributed by atoms with van der Waals surface area (Å²) in [5.41, 5.74) is 5.15. The van der Waals surface area contributed by atoms with Crippen LogP contribution in [0.5, 0.6) is 0 Å². The predicted molar refractivity (Wildman–Crippen MR) is 85.9 cm³/mol. The Morgan fingerprint density at radius 1 is 1.19 bits per heavy atom. The Bertz CT molecular complexity index is 695. The molecule has 21 heavy (non-hydrogen) atoms. The monoisotopic (exact) mass is 299 g/mol. The largest absolute Gasteiger partial charge is 0.344 e. The van der Waals surface area contributed by atoms with Crippen molar-refractivity contribution in [1.82, 2.24) is 5.32 Å². The SMILES string of the molecule is Cc1ccc(C)c(C(=O)NC2c3ccccc3CC2Cl)c1. The van der Waals surface area contributed by atoms with Gasteiger partial charge in [0.15, 0.2) is 0 Å². The summed E-state index contributed by atoms with van der Waals surface area (Å²) in [5.74, 6) is -0.0523. The highest BCUT2D eigenvalue weighted by Gasteiger charge is 2.32. The van der Waals surface area contributed by atoms with Gasteiger partial charge in [-0.05, 0) is 43.0 Å². The zero-order valence-electron chi connectivity index (χ0n) is 12.2. The highest BCUT2D eigenvalue weighted by atomic mass is 35.5. The molecule has 1 aliphatic rings. The van der Waals surface area contributed by atoms with E-state index in [2.05, 4.69) is 11.4 Å². The molecule has 0 saturated carbocycles. The van der Waals surface area contributed by atoms with Crippen molar-refractivity contribution in [3.8, 4) is 0 Å². The smallest absolute Gasteiger partial charge is 0.252 e. The van der Waals surface area contributed by atoms with E-state index in [0.717, 1.165) is 28.7 Å². The number of hydrogen-bond donors (Lipinski definition) is 1. The molecule has 0 radical (unpaired) electrons. The van der Waals surface area contributed by atoms with Crippen molar-refractivity contribution in [2.45, 2.75) is 31.7 Å². The Kier molecular flexibility index (Phi) is 3.73. The van der Waals surface area contributed by atoms with Crippen LogP contribution in [0.1, 0.15) is 38.7 Å². The molecule has 3 heteroatoms. The van der Waals surface area contributed by atoms with Gasteiger partial charge in [0.2, 0.25) is 0 Å². The van der Waals surface area contributed by atoms with Gasteiger partial charge in [0.25, 0.3) is 5.91 Å². The van der Waals surface area contributed by atoms with Crippen molar-refractivity contribution in [3.63, 3.8) is 0 Å². The lowest BCUT2D eigenvalue weighted by Gasteiger charge is -2.18. The van der Waals surface area contributed by atoms with Crippen LogP contribution < -0.4 is 5.32 Å². The summed E-state index contributed by atoms with van der Waals surface area (Å²) in [5, 5.41) is 3.01. The molecule has 2 aromatic carbocycles. The Morgan fingerprint density at radius 3 is 2.76 bits per heavy atom. The number of hydrogen-bond acceptors (Lipinski definition) is 1. The van der Waals surface area contributed by atoms with Gasteiger partial charge in [0.05, 0.1) is 11.4 Å². The first-order chi connectivity index (χ1) is 10.1. The van der Waals surface area contributed by atoms with E-state index in [1.165, 1.54) is 5.56 Å². The number of fused-ring (bicyclic) bond motifs is 1. The second-order valence-electron chi connectivity index (χ2n) is 5.69. The maximum Gasteiger partial charge on any atom is 0.252 e. The second kappa shape index (κ2) is 5.53. The molecular formula is C18H18ClNO. The van der Waals surface area contributed by atoms with Gasteiger partial charge in [-0.15, -0.1) is 11.6 Å². The average molecular weight is 300 g/mol. The minimum absolute atomic E-state index is 0.0523. The van der Waals surface area contributed by atoms with Gasteiger partial charge in [0, 0.05) is 5.56 Å². The molecule has 0 fully saturated rings. The maximum absolute atomic E-state index is 12.6.